The number of amides is 2. The fourth-order valence-electron chi connectivity index (χ4n) is 4.58. The van der Waals surface area contributed by atoms with Crippen LogP contribution >= 0.6 is 34.3 Å². The molecule has 3 atom stereocenters. The largest absolute Gasteiger partial charge is 0.370 e. The number of hydrogen-bond acceptors (Lipinski definition) is 9. The van der Waals surface area contributed by atoms with E-state index in [0.717, 1.165) is 4.70 Å². The number of carbonyl (C=O) groups is 3. The monoisotopic (exact) mass is 590 g/mol. The SMILES string of the molecule is CNC(=O)[C@H](CCCCN=C(N)N)CC(=O)c1csc([C@@H]2C[C@@H](N)CN2C(=O)c2nc3cc(Cl)ccc3s2)n1. The molecule has 0 radical (unpaired) electrons. The fourth-order valence-corrected chi connectivity index (χ4v) is 6.60. The van der Waals surface area contributed by atoms with E-state index in [0.29, 0.717) is 59.3 Å². The van der Waals surface area contributed by atoms with Gasteiger partial charge in [0.2, 0.25) is 5.91 Å². The van der Waals surface area contributed by atoms with E-state index in [1.54, 1.807) is 29.5 Å². The Morgan fingerprint density at radius 2 is 2.05 bits per heavy atom. The van der Waals surface area contributed by atoms with Gasteiger partial charge in [0.1, 0.15) is 10.7 Å². The van der Waals surface area contributed by atoms with E-state index in [2.05, 4.69) is 20.3 Å². The molecule has 0 aliphatic carbocycles. The topological polar surface area (TPSA) is 183 Å². The van der Waals surface area contributed by atoms with E-state index in [1.807, 2.05) is 6.07 Å². The second-order valence-electron chi connectivity index (χ2n) is 9.41. The quantitative estimate of drug-likeness (QED) is 0.114. The predicted molar refractivity (Wildman–Crippen MR) is 154 cm³/mol. The lowest BCUT2D eigenvalue weighted by atomic mass is 9.94. The van der Waals surface area contributed by atoms with Gasteiger partial charge in [-0.1, -0.05) is 18.0 Å². The molecule has 11 nitrogen and oxygen atoms in total. The Labute approximate surface area is 238 Å². The van der Waals surface area contributed by atoms with Crippen molar-refractivity contribution < 1.29 is 14.4 Å². The molecule has 1 aromatic carbocycles. The van der Waals surface area contributed by atoms with Crippen molar-refractivity contribution in [3.63, 3.8) is 0 Å². The van der Waals surface area contributed by atoms with Crippen LogP contribution in [-0.2, 0) is 4.79 Å². The highest BCUT2D eigenvalue weighted by atomic mass is 35.5. The van der Waals surface area contributed by atoms with Crippen LogP contribution in [0.2, 0.25) is 5.02 Å². The lowest BCUT2D eigenvalue weighted by Gasteiger charge is -2.21. The molecular weight excluding hydrogens is 560 g/mol. The zero-order chi connectivity index (χ0) is 28.1. The van der Waals surface area contributed by atoms with Crippen molar-refractivity contribution >= 4 is 68.0 Å². The Morgan fingerprint density at radius 1 is 1.26 bits per heavy atom. The summed E-state index contributed by atoms with van der Waals surface area (Å²) >= 11 is 8.69. The standard InChI is InChI=1S/C25H31ClN8O3S2/c1-30-21(36)13(4-2-3-7-31-25(28)29)8-19(35)17-12-38-22(33-17)18-10-15(27)11-34(18)24(37)23-32-16-9-14(26)5-6-20(16)39-23/h5-6,9,12-13,15,18H,2-4,7-8,10-11,27H2,1H3,(H,30,36)(H4,28,29,31)/t13-,15-,18+/m1/s1. The van der Waals surface area contributed by atoms with E-state index in [-0.39, 0.29) is 47.8 Å². The molecule has 1 fully saturated rings. The summed E-state index contributed by atoms with van der Waals surface area (Å²) in [6, 6.07) is 4.75. The minimum Gasteiger partial charge on any atom is -0.370 e. The normalized spacial score (nSPS) is 17.8. The van der Waals surface area contributed by atoms with E-state index in [4.69, 9.17) is 28.8 Å². The molecule has 1 aliphatic rings. The van der Waals surface area contributed by atoms with Crippen LogP contribution in [-0.4, -0.2) is 64.6 Å². The maximum absolute atomic E-state index is 13.4. The van der Waals surface area contributed by atoms with Crippen molar-refractivity contribution in [2.24, 2.45) is 28.1 Å². The fraction of sp³-hybridized carbons (Fsp3) is 0.440. The first-order valence-corrected chi connectivity index (χ1v) is 14.6. The molecule has 208 valence electrons. The molecule has 0 unspecified atom stereocenters. The number of aromatic nitrogens is 2. The average Bonchev–Trinajstić information content (AvgIpc) is 3.64. The first-order valence-electron chi connectivity index (χ1n) is 12.5. The zero-order valence-corrected chi connectivity index (χ0v) is 23.8. The second kappa shape index (κ2) is 12.8. The van der Waals surface area contributed by atoms with Gasteiger partial charge < -0.3 is 27.4 Å². The summed E-state index contributed by atoms with van der Waals surface area (Å²) in [5, 5.41) is 5.86. The number of likely N-dealkylation sites (tertiary alicyclic amines) is 1. The van der Waals surface area contributed by atoms with Crippen LogP contribution in [0.25, 0.3) is 10.2 Å². The number of ketones is 1. The number of unbranched alkanes of at least 4 members (excludes halogenated alkanes) is 1. The first-order chi connectivity index (χ1) is 18.7. The highest BCUT2D eigenvalue weighted by molar-refractivity contribution is 7.20. The number of aliphatic imine (C=N–C) groups is 1. The Morgan fingerprint density at radius 3 is 2.79 bits per heavy atom. The molecule has 7 N–H and O–H groups in total. The van der Waals surface area contributed by atoms with Crippen molar-refractivity contribution in [3.05, 3.63) is 44.3 Å². The van der Waals surface area contributed by atoms with Crippen molar-refractivity contribution in [2.45, 2.75) is 44.2 Å². The van der Waals surface area contributed by atoms with Crippen molar-refractivity contribution in [2.75, 3.05) is 20.1 Å². The first kappa shape index (κ1) is 28.9. The van der Waals surface area contributed by atoms with Gasteiger partial charge in [0.15, 0.2) is 16.8 Å². The van der Waals surface area contributed by atoms with Gasteiger partial charge in [-0.25, -0.2) is 9.97 Å². The van der Waals surface area contributed by atoms with Gasteiger partial charge in [-0.3, -0.25) is 19.4 Å². The summed E-state index contributed by atoms with van der Waals surface area (Å²) in [7, 11) is 1.55. The molecule has 39 heavy (non-hydrogen) atoms. The third kappa shape index (κ3) is 7.10. The van der Waals surface area contributed by atoms with E-state index in [1.165, 1.54) is 22.7 Å². The number of carbonyl (C=O) groups excluding carboxylic acids is 3. The van der Waals surface area contributed by atoms with Crippen LogP contribution in [0.4, 0.5) is 0 Å². The van der Waals surface area contributed by atoms with Crippen LogP contribution in [0, 0.1) is 5.92 Å². The molecule has 2 aromatic heterocycles. The van der Waals surface area contributed by atoms with Gasteiger partial charge >= 0.3 is 0 Å². The Kier molecular flexibility index (Phi) is 9.49. The molecule has 1 saturated heterocycles. The highest BCUT2D eigenvalue weighted by Gasteiger charge is 2.38. The second-order valence-corrected chi connectivity index (χ2v) is 11.8. The van der Waals surface area contributed by atoms with Crippen LogP contribution < -0.4 is 22.5 Å². The molecule has 2 amide bonds. The highest BCUT2D eigenvalue weighted by Crippen LogP contribution is 2.36. The number of halogens is 1. The molecule has 3 aromatic rings. The summed E-state index contributed by atoms with van der Waals surface area (Å²) in [6.45, 7) is 0.831. The van der Waals surface area contributed by atoms with Gasteiger partial charge in [0, 0.05) is 48.9 Å². The molecule has 0 spiro atoms. The Bertz CT molecular complexity index is 1390. The average molecular weight is 591 g/mol. The summed E-state index contributed by atoms with van der Waals surface area (Å²) in [6.07, 6.45) is 2.48. The van der Waals surface area contributed by atoms with Crippen LogP contribution in [0.3, 0.4) is 0 Å². The molecule has 3 heterocycles. The van der Waals surface area contributed by atoms with E-state index in [9.17, 15) is 14.4 Å². The number of fused-ring (bicyclic) bond motifs is 1. The summed E-state index contributed by atoms with van der Waals surface area (Å²) in [5.74, 6) is -1.11. The minimum atomic E-state index is -0.489. The smallest absolute Gasteiger partial charge is 0.283 e. The number of benzene rings is 1. The van der Waals surface area contributed by atoms with Gasteiger partial charge in [-0.05, 0) is 37.5 Å². The molecule has 4 rings (SSSR count). The molecule has 0 saturated carbocycles. The number of hydrogen-bond donors (Lipinski definition) is 4. The van der Waals surface area contributed by atoms with E-state index < -0.39 is 5.92 Å². The number of nitrogens with one attached hydrogen (secondary N) is 1. The number of thiazole rings is 2. The van der Waals surface area contributed by atoms with Crippen LogP contribution in [0.1, 0.15) is 63.4 Å². The number of rotatable bonds is 11. The van der Waals surface area contributed by atoms with Gasteiger partial charge in [0.25, 0.3) is 5.91 Å². The lowest BCUT2D eigenvalue weighted by Crippen LogP contribution is -2.33. The van der Waals surface area contributed by atoms with Crippen molar-refractivity contribution in [3.8, 4) is 0 Å². The molecular formula is C25H31ClN8O3S2. The minimum absolute atomic E-state index is 0.0286. The summed E-state index contributed by atoms with van der Waals surface area (Å²) in [5.41, 5.74) is 17.9. The summed E-state index contributed by atoms with van der Waals surface area (Å²) in [4.78, 5) is 53.6. The molecule has 0 bridgehead atoms. The number of nitrogens with zero attached hydrogens (tertiary/aromatic N) is 4. The van der Waals surface area contributed by atoms with Gasteiger partial charge in [-0.15, -0.1) is 22.7 Å². The predicted octanol–water partition coefficient (Wildman–Crippen LogP) is 2.70. The summed E-state index contributed by atoms with van der Waals surface area (Å²) < 4.78 is 0.867. The van der Waals surface area contributed by atoms with Crippen LogP contribution in [0.5, 0.6) is 0 Å². The third-order valence-electron chi connectivity index (χ3n) is 6.52. The number of Topliss-reactive ketones (excluding diaryl/α,β-unsaturated/α-hetero) is 1. The zero-order valence-electron chi connectivity index (χ0n) is 21.4. The number of nitrogens with two attached hydrogens (primary N) is 3. The van der Waals surface area contributed by atoms with Crippen molar-refractivity contribution in [1.82, 2.24) is 20.2 Å². The maximum Gasteiger partial charge on any atom is 0.283 e. The molecule has 1 aliphatic heterocycles. The van der Waals surface area contributed by atoms with Crippen LogP contribution in [0.15, 0.2) is 28.6 Å². The Balaban J connectivity index is 1.44. The van der Waals surface area contributed by atoms with Gasteiger partial charge in [0.05, 0.1) is 16.3 Å². The lowest BCUT2D eigenvalue weighted by molar-refractivity contribution is -0.124. The maximum atomic E-state index is 13.4. The van der Waals surface area contributed by atoms with E-state index >= 15 is 0 Å². The third-order valence-corrected chi connectivity index (χ3v) is 8.73. The Hall–Kier alpha value is -3.13. The number of guanidine groups is 1. The van der Waals surface area contributed by atoms with Crippen molar-refractivity contribution in [1.29, 1.82) is 0 Å². The molecule has 14 heteroatoms. The van der Waals surface area contributed by atoms with Gasteiger partial charge in [-0.2, -0.15) is 0 Å².